The molecule has 0 aromatic heterocycles. The third kappa shape index (κ3) is 5.92. The Morgan fingerprint density at radius 3 is 1.54 bits per heavy atom. The van der Waals surface area contributed by atoms with Crippen LogP contribution in [0.5, 0.6) is 0 Å². The molecule has 0 spiro atoms. The highest BCUT2D eigenvalue weighted by Gasteiger charge is 2.50. The van der Waals surface area contributed by atoms with Crippen molar-refractivity contribution >= 4 is 17.9 Å². The van der Waals surface area contributed by atoms with Gasteiger partial charge in [0.05, 0.1) is 16.7 Å². The molecule has 1 aliphatic rings. The Hall–Kier alpha value is -4.01. The van der Waals surface area contributed by atoms with Gasteiger partial charge in [-0.15, -0.1) is 0 Å². The van der Waals surface area contributed by atoms with Crippen molar-refractivity contribution in [2.24, 2.45) is 0 Å². The highest BCUT2D eigenvalue weighted by Crippen LogP contribution is 2.29. The first-order valence-electron chi connectivity index (χ1n) is 11.0. The smallest absolute Gasteiger partial charge is 0.338 e. The molecule has 0 aliphatic carbocycles. The van der Waals surface area contributed by atoms with Crippen LogP contribution in [0.25, 0.3) is 0 Å². The van der Waals surface area contributed by atoms with Gasteiger partial charge >= 0.3 is 17.9 Å². The Morgan fingerprint density at radius 1 is 0.657 bits per heavy atom. The van der Waals surface area contributed by atoms with Gasteiger partial charge in [0.15, 0.2) is 18.5 Å². The van der Waals surface area contributed by atoms with Crippen molar-refractivity contribution in [3.8, 4) is 0 Å². The van der Waals surface area contributed by atoms with Crippen molar-refractivity contribution in [1.29, 1.82) is 0 Å². The highest BCUT2D eigenvalue weighted by molar-refractivity contribution is 5.90. The number of carbonyl (C=O) groups is 3. The maximum absolute atomic E-state index is 12.8. The second-order valence-corrected chi connectivity index (χ2v) is 7.72. The molecule has 1 saturated heterocycles. The van der Waals surface area contributed by atoms with Gasteiger partial charge in [-0.25, -0.2) is 14.4 Å². The average molecular weight is 476 g/mol. The molecule has 1 heterocycles. The molecule has 35 heavy (non-hydrogen) atoms. The number of rotatable bonds is 8. The van der Waals surface area contributed by atoms with Gasteiger partial charge in [0.1, 0.15) is 12.7 Å². The Kier molecular flexibility index (Phi) is 7.87. The zero-order chi connectivity index (χ0) is 24.6. The highest BCUT2D eigenvalue weighted by atomic mass is 16.7. The van der Waals surface area contributed by atoms with Crippen molar-refractivity contribution in [2.75, 3.05) is 13.7 Å². The van der Waals surface area contributed by atoms with Crippen LogP contribution in [0.4, 0.5) is 0 Å². The molecule has 0 radical (unpaired) electrons. The summed E-state index contributed by atoms with van der Waals surface area (Å²) in [4.78, 5) is 38.0. The summed E-state index contributed by atoms with van der Waals surface area (Å²) in [5, 5.41) is 0. The molecular weight excluding hydrogens is 452 g/mol. The number of ether oxygens (including phenoxy) is 5. The van der Waals surface area contributed by atoms with Crippen LogP contribution in [0.2, 0.25) is 0 Å². The van der Waals surface area contributed by atoms with Crippen LogP contribution < -0.4 is 0 Å². The lowest BCUT2D eigenvalue weighted by molar-refractivity contribution is -0.155. The first-order valence-corrected chi connectivity index (χ1v) is 11.0. The molecule has 1 aliphatic heterocycles. The Balaban J connectivity index is 1.54. The Morgan fingerprint density at radius 2 is 1.09 bits per heavy atom. The normalized spacial score (nSPS) is 21.2. The van der Waals surface area contributed by atoms with Gasteiger partial charge in [0.25, 0.3) is 0 Å². The van der Waals surface area contributed by atoms with E-state index >= 15 is 0 Å². The van der Waals surface area contributed by atoms with Crippen molar-refractivity contribution in [1.82, 2.24) is 0 Å². The fourth-order valence-corrected chi connectivity index (χ4v) is 3.63. The minimum atomic E-state index is -1.10. The molecule has 180 valence electrons. The van der Waals surface area contributed by atoms with Gasteiger partial charge in [0, 0.05) is 7.11 Å². The third-order valence-electron chi connectivity index (χ3n) is 5.39. The van der Waals surface area contributed by atoms with Crippen LogP contribution in [0.3, 0.4) is 0 Å². The molecule has 0 bridgehead atoms. The maximum atomic E-state index is 12.8. The molecule has 4 atom stereocenters. The zero-order valence-corrected chi connectivity index (χ0v) is 18.9. The minimum absolute atomic E-state index is 0.250. The fraction of sp³-hybridized carbons (Fsp3) is 0.222. The summed E-state index contributed by atoms with van der Waals surface area (Å²) < 4.78 is 28.0. The molecule has 0 saturated carbocycles. The van der Waals surface area contributed by atoms with E-state index in [2.05, 4.69) is 0 Å². The molecule has 2 unspecified atom stereocenters. The molecule has 3 aromatic carbocycles. The summed E-state index contributed by atoms with van der Waals surface area (Å²) in [7, 11) is 1.38. The summed E-state index contributed by atoms with van der Waals surface area (Å²) >= 11 is 0. The van der Waals surface area contributed by atoms with Crippen LogP contribution in [0.15, 0.2) is 91.0 Å². The van der Waals surface area contributed by atoms with Crippen LogP contribution >= 0.6 is 0 Å². The van der Waals surface area contributed by atoms with Crippen molar-refractivity contribution in [3.05, 3.63) is 108 Å². The lowest BCUT2D eigenvalue weighted by Crippen LogP contribution is -2.42. The summed E-state index contributed by atoms with van der Waals surface area (Å²) in [6, 6.07) is 25.2. The Bertz CT molecular complexity index is 1130. The molecular formula is C27H24O8. The summed E-state index contributed by atoms with van der Waals surface area (Å²) in [6.45, 7) is -0.250. The summed E-state index contributed by atoms with van der Waals surface area (Å²) in [5.41, 5.74) is 0.981. The topological polar surface area (TPSA) is 97.4 Å². The van der Waals surface area contributed by atoms with E-state index in [1.54, 1.807) is 91.0 Å². The van der Waals surface area contributed by atoms with Crippen LogP contribution in [-0.4, -0.2) is 56.2 Å². The molecule has 8 heteroatoms. The quantitative estimate of drug-likeness (QED) is 0.359. The second kappa shape index (κ2) is 11.4. The third-order valence-corrected chi connectivity index (χ3v) is 5.39. The number of carbonyl (C=O) groups excluding carboxylic acids is 3. The van der Waals surface area contributed by atoms with E-state index < -0.39 is 42.5 Å². The molecule has 3 aromatic rings. The van der Waals surface area contributed by atoms with Crippen molar-refractivity contribution in [3.63, 3.8) is 0 Å². The van der Waals surface area contributed by atoms with Gasteiger partial charge in [0.2, 0.25) is 0 Å². The number of hydrogen-bond donors (Lipinski definition) is 0. The SMILES string of the molecule is CO[C@H]1O[C@@H](COC(=O)c2ccccc2)C(OC(=O)c2ccccc2)C1OC(=O)c1ccccc1. The zero-order valence-electron chi connectivity index (χ0n) is 18.9. The first-order chi connectivity index (χ1) is 17.1. The van der Waals surface area contributed by atoms with Crippen LogP contribution in [-0.2, 0) is 23.7 Å². The van der Waals surface area contributed by atoms with E-state index in [0.717, 1.165) is 0 Å². The van der Waals surface area contributed by atoms with E-state index in [4.69, 9.17) is 23.7 Å². The molecule has 1 fully saturated rings. The predicted octanol–water partition coefficient (Wildman–Crippen LogP) is 3.67. The maximum Gasteiger partial charge on any atom is 0.338 e. The van der Waals surface area contributed by atoms with E-state index in [1.807, 2.05) is 0 Å². The molecule has 0 amide bonds. The van der Waals surface area contributed by atoms with Crippen molar-refractivity contribution in [2.45, 2.75) is 24.6 Å². The number of benzene rings is 3. The van der Waals surface area contributed by atoms with Gasteiger partial charge in [-0.05, 0) is 36.4 Å². The van der Waals surface area contributed by atoms with E-state index in [1.165, 1.54) is 7.11 Å². The minimum Gasteiger partial charge on any atom is -0.459 e. The standard InChI is InChI=1S/C27H24O8/c1-31-27-23(35-26(30)20-15-9-4-10-16-20)22(34-25(29)19-13-7-3-8-14-19)21(33-27)17-32-24(28)18-11-5-2-6-12-18/h2-16,21-23,27H,17H2,1H3/t21-,22?,23?,27-/m0/s1. The van der Waals surface area contributed by atoms with Gasteiger partial charge < -0.3 is 23.7 Å². The summed E-state index contributed by atoms with van der Waals surface area (Å²) in [5.74, 6) is -1.85. The van der Waals surface area contributed by atoms with E-state index in [-0.39, 0.29) is 6.61 Å². The van der Waals surface area contributed by atoms with Crippen LogP contribution in [0, 0.1) is 0 Å². The molecule has 0 N–H and O–H groups in total. The van der Waals surface area contributed by atoms with Gasteiger partial charge in [-0.2, -0.15) is 0 Å². The lowest BCUT2D eigenvalue weighted by atomic mass is 10.1. The fourth-order valence-electron chi connectivity index (χ4n) is 3.63. The van der Waals surface area contributed by atoms with Gasteiger partial charge in [-0.1, -0.05) is 54.6 Å². The summed E-state index contributed by atoms with van der Waals surface area (Å²) in [6.07, 6.45) is -4.17. The number of esters is 3. The first kappa shape index (κ1) is 24.1. The number of hydrogen-bond acceptors (Lipinski definition) is 8. The number of methoxy groups -OCH3 is 1. The molecule has 4 rings (SSSR count). The van der Waals surface area contributed by atoms with E-state index in [0.29, 0.717) is 16.7 Å². The molecule has 8 nitrogen and oxygen atoms in total. The Labute approximate surface area is 202 Å². The van der Waals surface area contributed by atoms with Crippen molar-refractivity contribution < 1.29 is 38.1 Å². The second-order valence-electron chi connectivity index (χ2n) is 7.72. The van der Waals surface area contributed by atoms with E-state index in [9.17, 15) is 14.4 Å². The largest absolute Gasteiger partial charge is 0.459 e. The predicted molar refractivity (Wildman–Crippen MR) is 124 cm³/mol. The average Bonchev–Trinajstić information content (AvgIpc) is 3.24. The van der Waals surface area contributed by atoms with Crippen LogP contribution in [0.1, 0.15) is 31.1 Å². The monoisotopic (exact) mass is 476 g/mol. The lowest BCUT2D eigenvalue weighted by Gasteiger charge is -2.24. The van der Waals surface area contributed by atoms with Gasteiger partial charge in [-0.3, -0.25) is 0 Å².